The summed E-state index contributed by atoms with van der Waals surface area (Å²) in [6.45, 7) is 1.90. The summed E-state index contributed by atoms with van der Waals surface area (Å²) in [4.78, 5) is 47.2. The summed E-state index contributed by atoms with van der Waals surface area (Å²) >= 11 is 1.47. The average Bonchev–Trinajstić information content (AvgIpc) is 3.53. The molecule has 2 aliphatic heterocycles. The van der Waals surface area contributed by atoms with E-state index in [0.29, 0.717) is 27.5 Å². The first-order chi connectivity index (χ1) is 18.3. The van der Waals surface area contributed by atoms with Crippen LogP contribution in [0.25, 0.3) is 0 Å². The molecule has 11 heteroatoms. The van der Waals surface area contributed by atoms with E-state index in [1.54, 1.807) is 48.5 Å². The highest BCUT2D eigenvalue weighted by atomic mass is 32.1. The number of rotatable bonds is 5. The lowest BCUT2D eigenvalue weighted by atomic mass is 9.87. The van der Waals surface area contributed by atoms with Gasteiger partial charge in [-0.25, -0.2) is 9.78 Å². The van der Waals surface area contributed by atoms with Gasteiger partial charge in [0.15, 0.2) is 5.13 Å². The van der Waals surface area contributed by atoms with E-state index in [2.05, 4.69) is 27.6 Å². The number of likely N-dealkylation sites (tertiary alicyclic amines) is 1. The summed E-state index contributed by atoms with van der Waals surface area (Å²) in [5, 5.41) is 25.0. The molecule has 3 heterocycles. The van der Waals surface area contributed by atoms with Crippen LogP contribution in [0.2, 0.25) is 0 Å². The summed E-state index contributed by atoms with van der Waals surface area (Å²) < 4.78 is 0. The maximum absolute atomic E-state index is 13.2. The second-order valence-corrected chi connectivity index (χ2v) is 10.6. The van der Waals surface area contributed by atoms with Gasteiger partial charge in [0.2, 0.25) is 5.91 Å². The lowest BCUT2D eigenvalue weighted by Crippen LogP contribution is -2.30. The summed E-state index contributed by atoms with van der Waals surface area (Å²) in [5.74, 6) is -1.77. The van der Waals surface area contributed by atoms with Gasteiger partial charge in [-0.1, -0.05) is 18.2 Å². The van der Waals surface area contributed by atoms with Crippen LogP contribution in [0.3, 0.4) is 0 Å². The van der Waals surface area contributed by atoms with Gasteiger partial charge >= 0.3 is 6.09 Å². The van der Waals surface area contributed by atoms with E-state index in [1.807, 2.05) is 6.07 Å². The molecule has 1 fully saturated rings. The number of amides is 3. The molecule has 10 nitrogen and oxygen atoms in total. The van der Waals surface area contributed by atoms with Gasteiger partial charge < -0.3 is 20.2 Å². The molecule has 2 aromatic carbocycles. The predicted octanol–water partition coefficient (Wildman–Crippen LogP) is 3.59. The van der Waals surface area contributed by atoms with Crippen molar-refractivity contribution in [3.05, 3.63) is 75.8 Å². The number of nitrogens with zero attached hydrogens (tertiary/aromatic N) is 4. The second-order valence-electron chi connectivity index (χ2n) is 9.54. The van der Waals surface area contributed by atoms with E-state index < -0.39 is 17.9 Å². The first kappa shape index (κ1) is 25.4. The minimum absolute atomic E-state index is 0.0271. The highest BCUT2D eigenvalue weighted by molar-refractivity contribution is 7.15. The molecule has 0 aliphatic carbocycles. The number of nitriles is 1. The number of carboxylic acid groups (broad SMARTS) is 1. The molecule has 2 atom stereocenters. The summed E-state index contributed by atoms with van der Waals surface area (Å²) in [5.41, 5.74) is 3.00. The average molecular weight is 531 g/mol. The highest BCUT2D eigenvalue weighted by Crippen LogP contribution is 2.35. The maximum Gasteiger partial charge on any atom is 0.407 e. The molecule has 0 saturated carbocycles. The number of thiazole rings is 1. The smallest absolute Gasteiger partial charge is 0.407 e. The van der Waals surface area contributed by atoms with Crippen LogP contribution in [0.5, 0.6) is 0 Å². The van der Waals surface area contributed by atoms with Crippen molar-refractivity contribution in [2.75, 3.05) is 37.3 Å². The van der Waals surface area contributed by atoms with Gasteiger partial charge in [0, 0.05) is 54.6 Å². The Labute approximate surface area is 223 Å². The molecule has 0 spiro atoms. The lowest BCUT2D eigenvalue weighted by Gasteiger charge is -2.20. The number of likely N-dealkylation sites (N-methyl/N-ethyl adjacent to an activating group) is 1. The zero-order valence-electron chi connectivity index (χ0n) is 20.7. The Kier molecular flexibility index (Phi) is 7.09. The number of anilines is 2. The topological polar surface area (TPSA) is 139 Å². The van der Waals surface area contributed by atoms with E-state index >= 15 is 0 Å². The van der Waals surface area contributed by atoms with E-state index in [4.69, 9.17) is 5.26 Å². The van der Waals surface area contributed by atoms with Crippen molar-refractivity contribution in [3.63, 3.8) is 0 Å². The van der Waals surface area contributed by atoms with Crippen molar-refractivity contribution in [2.24, 2.45) is 5.92 Å². The Bertz CT molecular complexity index is 1450. The summed E-state index contributed by atoms with van der Waals surface area (Å²) in [6, 6.07) is 15.5. The molecule has 2 aliphatic rings. The fourth-order valence-electron chi connectivity index (χ4n) is 4.92. The fourth-order valence-corrected chi connectivity index (χ4v) is 6.00. The quantitative estimate of drug-likeness (QED) is 0.458. The number of nitrogens with one attached hydrogen (secondary N) is 2. The second kappa shape index (κ2) is 10.6. The normalized spacial score (nSPS) is 18.9. The number of hydrogen-bond acceptors (Lipinski definition) is 7. The van der Waals surface area contributed by atoms with E-state index in [9.17, 15) is 19.5 Å². The van der Waals surface area contributed by atoms with Gasteiger partial charge in [-0.05, 0) is 42.9 Å². The Balaban J connectivity index is 1.35. The fraction of sp³-hybridized carbons (Fsp3) is 0.296. The van der Waals surface area contributed by atoms with Gasteiger partial charge in [-0.2, -0.15) is 5.26 Å². The first-order valence-corrected chi connectivity index (χ1v) is 13.0. The molecule has 3 N–H and O–H groups in total. The molecule has 0 unspecified atom stereocenters. The molecule has 3 amide bonds. The molecular formula is C27H26N6O4S. The van der Waals surface area contributed by atoms with Crippen LogP contribution in [-0.2, 0) is 17.8 Å². The third-order valence-corrected chi connectivity index (χ3v) is 7.90. The van der Waals surface area contributed by atoms with E-state index in [1.165, 1.54) is 16.2 Å². The zero-order chi connectivity index (χ0) is 26.8. The molecular weight excluding hydrogens is 504 g/mol. The van der Waals surface area contributed by atoms with Crippen LogP contribution < -0.4 is 10.6 Å². The van der Waals surface area contributed by atoms with Crippen molar-refractivity contribution in [1.82, 2.24) is 14.8 Å². The molecule has 0 radical (unpaired) electrons. The number of carbonyl (C=O) groups excluding carboxylic acids is 2. The van der Waals surface area contributed by atoms with Gasteiger partial charge in [0.05, 0.1) is 23.2 Å². The third-order valence-electron chi connectivity index (χ3n) is 6.91. The molecule has 194 valence electrons. The molecule has 0 bridgehead atoms. The Morgan fingerprint density at radius 3 is 2.74 bits per heavy atom. The Hall–Kier alpha value is -4.27. The van der Waals surface area contributed by atoms with Crippen molar-refractivity contribution in [3.8, 4) is 6.07 Å². The predicted molar refractivity (Wildman–Crippen MR) is 142 cm³/mol. The van der Waals surface area contributed by atoms with Crippen LogP contribution in [-0.4, -0.2) is 64.5 Å². The molecule has 1 aromatic heterocycles. The Morgan fingerprint density at radius 2 is 1.95 bits per heavy atom. The summed E-state index contributed by atoms with van der Waals surface area (Å²) in [7, 11) is 2.05. The van der Waals surface area contributed by atoms with Crippen molar-refractivity contribution in [2.45, 2.75) is 18.9 Å². The molecule has 5 rings (SSSR count). The van der Waals surface area contributed by atoms with E-state index in [-0.39, 0.29) is 24.9 Å². The molecule has 1 saturated heterocycles. The zero-order valence-corrected chi connectivity index (χ0v) is 21.5. The number of carbonyl (C=O) groups is 3. The first-order valence-electron chi connectivity index (χ1n) is 12.2. The minimum Gasteiger partial charge on any atom is -0.465 e. The van der Waals surface area contributed by atoms with Crippen LogP contribution in [0.15, 0.2) is 48.5 Å². The highest BCUT2D eigenvalue weighted by Gasteiger charge is 2.40. The van der Waals surface area contributed by atoms with Crippen LogP contribution in [0, 0.1) is 17.2 Å². The van der Waals surface area contributed by atoms with Gasteiger partial charge in [0.1, 0.15) is 0 Å². The largest absolute Gasteiger partial charge is 0.465 e. The van der Waals surface area contributed by atoms with Gasteiger partial charge in [-0.3, -0.25) is 14.9 Å². The number of benzene rings is 2. The van der Waals surface area contributed by atoms with Crippen LogP contribution >= 0.6 is 11.3 Å². The van der Waals surface area contributed by atoms with Crippen molar-refractivity contribution < 1.29 is 19.5 Å². The lowest BCUT2D eigenvalue weighted by molar-refractivity contribution is -0.119. The number of hydrogen-bond donors (Lipinski definition) is 3. The molecule has 3 aromatic rings. The number of aromatic nitrogens is 1. The maximum atomic E-state index is 13.2. The summed E-state index contributed by atoms with van der Waals surface area (Å²) in [6.07, 6.45) is -0.260. The van der Waals surface area contributed by atoms with Crippen molar-refractivity contribution in [1.29, 1.82) is 5.26 Å². The SMILES string of the molecule is CN1CCc2nc(NC(=O)c3cccc([C@@H]4CN(C(=O)O)C[C@H]4C(=O)Nc4cccc(C#N)c4)c3)sc2C1. The molecule has 38 heavy (non-hydrogen) atoms. The number of fused-ring (bicyclic) bond motifs is 1. The monoisotopic (exact) mass is 530 g/mol. The third kappa shape index (κ3) is 5.37. The van der Waals surface area contributed by atoms with E-state index in [0.717, 1.165) is 30.1 Å². The Morgan fingerprint density at radius 1 is 1.13 bits per heavy atom. The van der Waals surface area contributed by atoms with Crippen LogP contribution in [0.4, 0.5) is 15.6 Å². The minimum atomic E-state index is -1.11. The van der Waals surface area contributed by atoms with Crippen molar-refractivity contribution >= 4 is 40.1 Å². The van der Waals surface area contributed by atoms with Gasteiger partial charge in [-0.15, -0.1) is 11.3 Å². The van der Waals surface area contributed by atoms with Gasteiger partial charge in [0.25, 0.3) is 5.91 Å². The standard InChI is InChI=1S/C27H26N6O4S/c1-32-9-8-22-23(15-32)38-26(30-22)31-24(34)18-6-3-5-17(11-18)20-13-33(27(36)37)14-21(20)25(35)29-19-7-2-4-16(10-19)12-28/h2-7,10-11,20-21H,8-9,13-15H2,1H3,(H,29,35)(H,36,37)(H,30,31,34)/t20-,21+/m0/s1. The van der Waals surface area contributed by atoms with Crippen LogP contribution in [0.1, 0.15) is 38.0 Å².